The molecule has 0 saturated heterocycles. The largest absolute Gasteiger partial charge is 0.465 e. The van der Waals surface area contributed by atoms with E-state index in [9.17, 15) is 13.2 Å². The molecule has 0 aliphatic heterocycles. The standard InChI is InChI=1S/C17H17N3O5S2/c1-3-20(11-15-18-16(19-25-15)14-8-5-9-26-14)27(22,23)13-7-4-6-12(10-13)17(21)24-2/h4-10H,3,11H2,1-2H3. The van der Waals surface area contributed by atoms with E-state index in [-0.39, 0.29) is 29.4 Å². The lowest BCUT2D eigenvalue weighted by Gasteiger charge is -2.18. The van der Waals surface area contributed by atoms with Crippen molar-refractivity contribution in [3.05, 3.63) is 53.2 Å². The van der Waals surface area contributed by atoms with Gasteiger partial charge >= 0.3 is 5.97 Å². The van der Waals surface area contributed by atoms with Gasteiger partial charge in [0.1, 0.15) is 0 Å². The van der Waals surface area contributed by atoms with Crippen LogP contribution < -0.4 is 0 Å². The molecule has 0 fully saturated rings. The smallest absolute Gasteiger partial charge is 0.337 e. The number of benzene rings is 1. The maximum atomic E-state index is 13.0. The Morgan fingerprint density at radius 3 is 2.78 bits per heavy atom. The summed E-state index contributed by atoms with van der Waals surface area (Å²) in [5.41, 5.74) is 0.160. The average Bonchev–Trinajstić information content (AvgIpc) is 3.37. The molecular weight excluding hydrogens is 390 g/mol. The number of carbonyl (C=O) groups is 1. The molecule has 1 aromatic carbocycles. The molecule has 0 unspecified atom stereocenters. The first-order valence-corrected chi connectivity index (χ1v) is 10.3. The van der Waals surface area contributed by atoms with Crippen molar-refractivity contribution in [3.63, 3.8) is 0 Å². The minimum atomic E-state index is -3.86. The number of hydrogen-bond acceptors (Lipinski definition) is 8. The first kappa shape index (κ1) is 19.2. The summed E-state index contributed by atoms with van der Waals surface area (Å²) in [6.45, 7) is 1.83. The number of sulfonamides is 1. The van der Waals surface area contributed by atoms with E-state index in [0.717, 1.165) is 4.88 Å². The van der Waals surface area contributed by atoms with Crippen LogP contribution in [-0.2, 0) is 21.3 Å². The summed E-state index contributed by atoms with van der Waals surface area (Å²) >= 11 is 1.46. The van der Waals surface area contributed by atoms with Gasteiger partial charge in [-0.1, -0.05) is 24.2 Å². The van der Waals surface area contributed by atoms with E-state index in [0.29, 0.717) is 5.82 Å². The van der Waals surface area contributed by atoms with Crippen LogP contribution in [0.4, 0.5) is 0 Å². The van der Waals surface area contributed by atoms with Gasteiger partial charge in [0.15, 0.2) is 0 Å². The zero-order valence-corrected chi connectivity index (χ0v) is 16.3. The number of aromatic nitrogens is 2. The van der Waals surface area contributed by atoms with E-state index < -0.39 is 16.0 Å². The summed E-state index contributed by atoms with van der Waals surface area (Å²) in [5, 5.41) is 5.78. The number of nitrogens with zero attached hydrogens (tertiary/aromatic N) is 3. The topological polar surface area (TPSA) is 103 Å². The number of rotatable bonds is 7. The van der Waals surface area contributed by atoms with Gasteiger partial charge in [0.25, 0.3) is 0 Å². The lowest BCUT2D eigenvalue weighted by molar-refractivity contribution is 0.0600. The number of thiophene rings is 1. The highest BCUT2D eigenvalue weighted by atomic mass is 32.2. The van der Waals surface area contributed by atoms with E-state index in [1.807, 2.05) is 17.5 Å². The SMILES string of the molecule is CCN(Cc1nc(-c2cccs2)no1)S(=O)(=O)c1cccc(C(=O)OC)c1. The van der Waals surface area contributed by atoms with Gasteiger partial charge in [0.05, 0.1) is 29.0 Å². The first-order chi connectivity index (χ1) is 13.0. The van der Waals surface area contributed by atoms with E-state index in [2.05, 4.69) is 14.9 Å². The molecule has 2 aromatic heterocycles. The van der Waals surface area contributed by atoms with Gasteiger partial charge in [-0.05, 0) is 29.6 Å². The fourth-order valence-corrected chi connectivity index (χ4v) is 4.49. The van der Waals surface area contributed by atoms with Crippen molar-refractivity contribution < 1.29 is 22.5 Å². The summed E-state index contributed by atoms with van der Waals surface area (Å²) in [4.78, 5) is 16.8. The molecule has 0 saturated carbocycles. The average molecular weight is 407 g/mol. The Labute approximate surface area is 160 Å². The Hall–Kier alpha value is -2.56. The van der Waals surface area contributed by atoms with E-state index in [1.54, 1.807) is 6.92 Å². The molecule has 142 valence electrons. The third-order valence-corrected chi connectivity index (χ3v) is 6.55. The number of hydrogen-bond donors (Lipinski definition) is 0. The molecule has 0 aliphatic rings. The monoisotopic (exact) mass is 407 g/mol. The van der Waals surface area contributed by atoms with E-state index in [1.165, 1.54) is 47.0 Å². The third kappa shape index (κ3) is 4.07. The maximum Gasteiger partial charge on any atom is 0.337 e. The third-order valence-electron chi connectivity index (χ3n) is 3.77. The van der Waals surface area contributed by atoms with Crippen molar-refractivity contribution in [2.45, 2.75) is 18.4 Å². The van der Waals surface area contributed by atoms with Gasteiger partial charge < -0.3 is 9.26 Å². The molecule has 0 bridgehead atoms. The quantitative estimate of drug-likeness (QED) is 0.555. The van der Waals surface area contributed by atoms with Crippen LogP contribution in [0.25, 0.3) is 10.7 Å². The van der Waals surface area contributed by atoms with Crippen molar-refractivity contribution >= 4 is 27.3 Å². The highest BCUT2D eigenvalue weighted by molar-refractivity contribution is 7.89. The highest BCUT2D eigenvalue weighted by Crippen LogP contribution is 2.23. The van der Waals surface area contributed by atoms with Crippen molar-refractivity contribution in [2.24, 2.45) is 0 Å². The van der Waals surface area contributed by atoms with Crippen LogP contribution in [0.15, 0.2) is 51.2 Å². The number of ether oxygens (including phenoxy) is 1. The van der Waals surface area contributed by atoms with Gasteiger partial charge in [-0.2, -0.15) is 9.29 Å². The zero-order valence-electron chi connectivity index (χ0n) is 14.7. The molecule has 0 N–H and O–H groups in total. The van der Waals surface area contributed by atoms with E-state index >= 15 is 0 Å². The summed E-state index contributed by atoms with van der Waals surface area (Å²) in [7, 11) is -2.62. The number of esters is 1. The van der Waals surface area contributed by atoms with Gasteiger partial charge in [-0.3, -0.25) is 0 Å². The second-order valence-electron chi connectivity index (χ2n) is 5.44. The van der Waals surface area contributed by atoms with Gasteiger partial charge in [0, 0.05) is 6.54 Å². The van der Waals surface area contributed by atoms with Crippen LogP contribution in [0, 0.1) is 0 Å². The molecule has 2 heterocycles. The highest BCUT2D eigenvalue weighted by Gasteiger charge is 2.26. The molecule has 0 atom stereocenters. The Bertz CT molecular complexity index is 1030. The Morgan fingerprint density at radius 1 is 1.30 bits per heavy atom. The van der Waals surface area contributed by atoms with Crippen LogP contribution >= 0.6 is 11.3 Å². The maximum absolute atomic E-state index is 13.0. The molecule has 3 rings (SSSR count). The van der Waals surface area contributed by atoms with Crippen LogP contribution in [0.1, 0.15) is 23.2 Å². The predicted molar refractivity (Wildman–Crippen MR) is 98.7 cm³/mol. The van der Waals surface area contributed by atoms with Crippen LogP contribution in [0.2, 0.25) is 0 Å². The number of carbonyl (C=O) groups excluding carboxylic acids is 1. The zero-order chi connectivity index (χ0) is 19.4. The second kappa shape index (κ2) is 7.99. The Kier molecular flexibility index (Phi) is 5.68. The van der Waals surface area contributed by atoms with E-state index in [4.69, 9.17) is 4.52 Å². The molecule has 0 aliphatic carbocycles. The minimum Gasteiger partial charge on any atom is -0.465 e. The summed E-state index contributed by atoms with van der Waals surface area (Å²) in [6, 6.07) is 9.42. The number of methoxy groups -OCH3 is 1. The molecule has 0 amide bonds. The predicted octanol–water partition coefficient (Wildman–Crippen LogP) is 2.80. The Morgan fingerprint density at radius 2 is 2.11 bits per heavy atom. The molecule has 8 nitrogen and oxygen atoms in total. The van der Waals surface area contributed by atoms with Crippen LogP contribution in [-0.4, -0.2) is 42.5 Å². The Balaban J connectivity index is 1.85. The summed E-state index contributed by atoms with van der Waals surface area (Å²) in [6.07, 6.45) is 0. The summed E-state index contributed by atoms with van der Waals surface area (Å²) in [5.74, 6) is 0.00155. The normalized spacial score (nSPS) is 11.7. The molecule has 27 heavy (non-hydrogen) atoms. The van der Waals surface area contributed by atoms with Gasteiger partial charge in [-0.25, -0.2) is 13.2 Å². The van der Waals surface area contributed by atoms with Crippen molar-refractivity contribution in [1.82, 2.24) is 14.4 Å². The van der Waals surface area contributed by atoms with Crippen molar-refractivity contribution in [1.29, 1.82) is 0 Å². The molecular formula is C17H17N3O5S2. The lowest BCUT2D eigenvalue weighted by Crippen LogP contribution is -2.30. The molecule has 10 heteroatoms. The molecule has 3 aromatic rings. The van der Waals surface area contributed by atoms with Gasteiger partial charge in [0.2, 0.25) is 21.7 Å². The molecule has 0 radical (unpaired) electrons. The van der Waals surface area contributed by atoms with Crippen molar-refractivity contribution in [2.75, 3.05) is 13.7 Å². The minimum absolute atomic E-state index is 0.00903. The van der Waals surface area contributed by atoms with Crippen molar-refractivity contribution in [3.8, 4) is 10.7 Å². The fourth-order valence-electron chi connectivity index (χ4n) is 2.39. The molecule has 0 spiro atoms. The van der Waals surface area contributed by atoms with Crippen LogP contribution in [0.5, 0.6) is 0 Å². The second-order valence-corrected chi connectivity index (χ2v) is 8.33. The lowest BCUT2D eigenvalue weighted by atomic mass is 10.2. The fraction of sp³-hybridized carbons (Fsp3) is 0.235. The first-order valence-electron chi connectivity index (χ1n) is 8.00. The summed E-state index contributed by atoms with van der Waals surface area (Å²) < 4.78 is 36.9. The van der Waals surface area contributed by atoms with Crippen LogP contribution in [0.3, 0.4) is 0 Å². The van der Waals surface area contributed by atoms with Gasteiger partial charge in [-0.15, -0.1) is 11.3 Å².